The molecule has 0 fully saturated rings. The monoisotopic (exact) mass is 273 g/mol. The van der Waals surface area contributed by atoms with Gasteiger partial charge in [-0.2, -0.15) is 0 Å². The van der Waals surface area contributed by atoms with Crippen LogP contribution in [-0.2, 0) is 0 Å². The number of anilines is 1. The quantitative estimate of drug-likeness (QED) is 0.734. The van der Waals surface area contributed by atoms with E-state index in [0.717, 1.165) is 22.3 Å². The molecule has 1 aromatic heterocycles. The third-order valence-electron chi connectivity index (χ3n) is 2.73. The lowest BCUT2D eigenvalue weighted by atomic mass is 10.1. The topological polar surface area (TPSA) is 90.4 Å². The van der Waals surface area contributed by atoms with Gasteiger partial charge in [-0.15, -0.1) is 11.3 Å². The highest BCUT2D eigenvalue weighted by Gasteiger charge is 2.38. The van der Waals surface area contributed by atoms with Crippen LogP contribution in [-0.4, -0.2) is 22.8 Å². The average molecular weight is 273 g/mol. The van der Waals surface area contributed by atoms with Crippen LogP contribution in [0.15, 0.2) is 29.8 Å². The molecule has 0 N–H and O–H groups in total. The fraction of sp³-hybridized carbons (Fsp3) is 0. The molecule has 0 saturated carbocycles. The molecule has 0 saturated heterocycles. The van der Waals surface area contributed by atoms with Crippen molar-refractivity contribution in [3.8, 4) is 0 Å². The number of nitrogens with zero attached hydrogens (tertiary/aromatic N) is 2. The fourth-order valence-corrected chi connectivity index (χ4v) is 2.50. The van der Waals surface area contributed by atoms with Crippen molar-refractivity contribution in [2.24, 2.45) is 0 Å². The summed E-state index contributed by atoms with van der Waals surface area (Å²) in [5.74, 6) is -2.46. The van der Waals surface area contributed by atoms with Gasteiger partial charge in [-0.3, -0.25) is 9.59 Å². The number of benzene rings is 1. The molecule has 7 heteroatoms. The van der Waals surface area contributed by atoms with E-state index in [1.54, 1.807) is 5.38 Å². The summed E-state index contributed by atoms with van der Waals surface area (Å²) < 4.78 is 0. The minimum Gasteiger partial charge on any atom is -0.545 e. The number of hydrogen-bond acceptors (Lipinski definition) is 6. The van der Waals surface area contributed by atoms with Crippen molar-refractivity contribution in [3.05, 3.63) is 46.5 Å². The number of fused-ring (bicyclic) bond motifs is 1. The summed E-state index contributed by atoms with van der Waals surface area (Å²) in [6.45, 7) is 0. The fourth-order valence-electron chi connectivity index (χ4n) is 1.87. The highest BCUT2D eigenvalue weighted by Crippen LogP contribution is 2.29. The van der Waals surface area contributed by atoms with Crippen molar-refractivity contribution in [2.45, 2.75) is 0 Å². The van der Waals surface area contributed by atoms with Crippen LogP contribution in [0.25, 0.3) is 0 Å². The Kier molecular flexibility index (Phi) is 2.42. The van der Waals surface area contributed by atoms with Crippen molar-refractivity contribution in [3.63, 3.8) is 0 Å². The van der Waals surface area contributed by atoms with Gasteiger partial charge in [0.2, 0.25) is 0 Å². The Morgan fingerprint density at radius 2 is 1.95 bits per heavy atom. The zero-order chi connectivity index (χ0) is 13.6. The number of thiazole rings is 1. The molecule has 2 heterocycles. The van der Waals surface area contributed by atoms with Gasteiger partial charge in [0.1, 0.15) is 0 Å². The normalized spacial score (nSPS) is 13.8. The highest BCUT2D eigenvalue weighted by atomic mass is 32.1. The minimum absolute atomic E-state index is 0.0573. The van der Waals surface area contributed by atoms with Crippen LogP contribution in [0.5, 0.6) is 0 Å². The second-order valence-electron chi connectivity index (χ2n) is 3.81. The molecular formula is C12H5N2O4S-. The van der Waals surface area contributed by atoms with Gasteiger partial charge in [-0.25, -0.2) is 9.88 Å². The van der Waals surface area contributed by atoms with E-state index in [2.05, 4.69) is 4.98 Å². The molecule has 6 nitrogen and oxygen atoms in total. The number of carboxylic acids is 1. The molecule has 2 amide bonds. The lowest BCUT2D eigenvalue weighted by molar-refractivity contribution is -0.255. The summed E-state index contributed by atoms with van der Waals surface area (Å²) in [7, 11) is 0. The second-order valence-corrected chi connectivity index (χ2v) is 4.68. The third kappa shape index (κ3) is 1.63. The smallest absolute Gasteiger partial charge is 0.268 e. The lowest BCUT2D eigenvalue weighted by Gasteiger charge is -2.08. The first kappa shape index (κ1) is 11.5. The van der Waals surface area contributed by atoms with Gasteiger partial charge in [0.25, 0.3) is 11.8 Å². The molecule has 3 rings (SSSR count). The highest BCUT2D eigenvalue weighted by molar-refractivity contribution is 7.14. The molecule has 0 atom stereocenters. The molecule has 1 aromatic carbocycles. The summed E-state index contributed by atoms with van der Waals surface area (Å²) in [4.78, 5) is 39.9. The number of amides is 2. The van der Waals surface area contributed by atoms with Crippen molar-refractivity contribution in [1.29, 1.82) is 0 Å². The Hall–Kier alpha value is -2.54. The van der Waals surface area contributed by atoms with Gasteiger partial charge in [-0.1, -0.05) is 6.07 Å². The Bertz CT molecular complexity index is 709. The largest absolute Gasteiger partial charge is 0.545 e. The SMILES string of the molecule is O=C([O-])c1ccc2c(c1)C(=O)N(c1nccs1)C2=O. The third-order valence-corrected chi connectivity index (χ3v) is 3.49. The molecule has 1 aliphatic heterocycles. The Morgan fingerprint density at radius 3 is 2.58 bits per heavy atom. The van der Waals surface area contributed by atoms with Gasteiger partial charge < -0.3 is 9.90 Å². The van der Waals surface area contributed by atoms with Crippen LogP contribution < -0.4 is 10.0 Å². The maximum absolute atomic E-state index is 12.1. The van der Waals surface area contributed by atoms with E-state index < -0.39 is 17.8 Å². The summed E-state index contributed by atoms with van der Waals surface area (Å²) >= 11 is 1.15. The number of imide groups is 1. The van der Waals surface area contributed by atoms with E-state index in [-0.39, 0.29) is 21.8 Å². The van der Waals surface area contributed by atoms with Crippen LogP contribution in [0, 0.1) is 0 Å². The summed E-state index contributed by atoms with van der Waals surface area (Å²) in [5, 5.41) is 12.7. The lowest BCUT2D eigenvalue weighted by Crippen LogP contribution is -2.29. The number of hydrogen-bond donors (Lipinski definition) is 0. The molecule has 0 bridgehead atoms. The van der Waals surface area contributed by atoms with Crippen LogP contribution >= 0.6 is 11.3 Å². The van der Waals surface area contributed by atoms with Crippen molar-refractivity contribution < 1.29 is 19.5 Å². The van der Waals surface area contributed by atoms with Crippen LogP contribution in [0.1, 0.15) is 31.1 Å². The van der Waals surface area contributed by atoms with Gasteiger partial charge >= 0.3 is 0 Å². The predicted octanol–water partition coefficient (Wildman–Crippen LogP) is 0.307. The number of rotatable bonds is 2. The molecule has 0 aliphatic carbocycles. The molecule has 0 spiro atoms. The molecule has 1 aliphatic rings. The van der Waals surface area contributed by atoms with Gasteiger partial charge in [0.05, 0.1) is 17.1 Å². The first-order valence-electron chi connectivity index (χ1n) is 5.23. The van der Waals surface area contributed by atoms with E-state index >= 15 is 0 Å². The van der Waals surface area contributed by atoms with Gasteiger partial charge in [0, 0.05) is 11.6 Å². The van der Waals surface area contributed by atoms with Crippen molar-refractivity contribution in [1.82, 2.24) is 4.98 Å². The zero-order valence-electron chi connectivity index (χ0n) is 9.32. The number of aromatic nitrogens is 1. The van der Waals surface area contributed by atoms with E-state index in [1.165, 1.54) is 18.3 Å². The van der Waals surface area contributed by atoms with Crippen LogP contribution in [0.2, 0.25) is 0 Å². The zero-order valence-corrected chi connectivity index (χ0v) is 10.1. The molecule has 0 unspecified atom stereocenters. The number of carbonyl (C=O) groups excluding carboxylic acids is 3. The first-order chi connectivity index (χ1) is 9.09. The van der Waals surface area contributed by atoms with E-state index in [4.69, 9.17) is 0 Å². The van der Waals surface area contributed by atoms with Crippen molar-refractivity contribution >= 4 is 34.3 Å². The number of carbonyl (C=O) groups is 3. The van der Waals surface area contributed by atoms with Gasteiger partial charge in [-0.05, 0) is 17.7 Å². The molecular weight excluding hydrogens is 268 g/mol. The molecule has 94 valence electrons. The average Bonchev–Trinajstić information content (AvgIpc) is 2.98. The predicted molar refractivity (Wildman–Crippen MR) is 64.0 cm³/mol. The Labute approximate surface area is 110 Å². The van der Waals surface area contributed by atoms with Crippen molar-refractivity contribution in [2.75, 3.05) is 4.90 Å². The number of aromatic carboxylic acids is 1. The molecule has 0 radical (unpaired) electrons. The van der Waals surface area contributed by atoms with E-state index in [1.807, 2.05) is 0 Å². The Morgan fingerprint density at radius 1 is 1.21 bits per heavy atom. The summed E-state index contributed by atoms with van der Waals surface area (Å²) in [6, 6.07) is 3.71. The van der Waals surface area contributed by atoms with Crippen LogP contribution in [0.3, 0.4) is 0 Å². The Balaban J connectivity index is 2.12. The van der Waals surface area contributed by atoms with Gasteiger partial charge in [0.15, 0.2) is 5.13 Å². The summed E-state index contributed by atoms with van der Waals surface area (Å²) in [6.07, 6.45) is 1.48. The minimum atomic E-state index is -1.39. The van der Waals surface area contributed by atoms with E-state index in [0.29, 0.717) is 0 Å². The van der Waals surface area contributed by atoms with E-state index in [9.17, 15) is 19.5 Å². The number of carboxylic acid groups (broad SMARTS) is 1. The summed E-state index contributed by atoms with van der Waals surface area (Å²) in [5.41, 5.74) is 0.0907. The second kappa shape index (κ2) is 3.99. The maximum atomic E-state index is 12.1. The van der Waals surface area contributed by atoms with Crippen LogP contribution in [0.4, 0.5) is 5.13 Å². The maximum Gasteiger partial charge on any atom is 0.268 e. The standard InChI is InChI=1S/C12H6N2O4S/c15-9-7-2-1-6(11(17)18)5-8(7)10(16)14(9)12-13-3-4-19-12/h1-5H,(H,17,18)/p-1. The molecule has 19 heavy (non-hydrogen) atoms. The molecule has 2 aromatic rings. The first-order valence-corrected chi connectivity index (χ1v) is 6.11.